The van der Waals surface area contributed by atoms with E-state index in [-0.39, 0.29) is 18.5 Å². The number of halogens is 1. The Balaban J connectivity index is 1.62. The lowest BCUT2D eigenvalue weighted by Crippen LogP contribution is -2.36. The Hall–Kier alpha value is -2.24. The number of carbonyl (C=O) groups excluding carboxylic acids is 1. The summed E-state index contributed by atoms with van der Waals surface area (Å²) < 4.78 is 11.0. The summed E-state index contributed by atoms with van der Waals surface area (Å²) in [5.41, 5.74) is 1.08. The lowest BCUT2D eigenvalue weighted by molar-refractivity contribution is -0.120. The molecule has 0 unspecified atom stereocenters. The molecule has 0 radical (unpaired) electrons. The molecule has 0 saturated carbocycles. The van der Waals surface area contributed by atoms with E-state index in [4.69, 9.17) is 21.1 Å². The first-order valence-electron chi connectivity index (χ1n) is 8.69. The van der Waals surface area contributed by atoms with Crippen LogP contribution in [0.1, 0.15) is 25.5 Å². The van der Waals surface area contributed by atoms with Crippen LogP contribution in [0.15, 0.2) is 48.5 Å². The molecule has 2 N–H and O–H groups in total. The van der Waals surface area contributed by atoms with Crippen molar-refractivity contribution in [1.82, 2.24) is 10.6 Å². The molecule has 6 heteroatoms. The van der Waals surface area contributed by atoms with Crippen LogP contribution in [-0.2, 0) is 4.79 Å². The second kappa shape index (κ2) is 10.7. The molecule has 2 rings (SSSR count). The average molecular weight is 377 g/mol. The molecule has 1 atom stereocenters. The topological polar surface area (TPSA) is 59.6 Å². The Morgan fingerprint density at radius 2 is 1.65 bits per heavy atom. The van der Waals surface area contributed by atoms with Crippen LogP contribution in [0.3, 0.4) is 0 Å². The third-order valence-corrected chi connectivity index (χ3v) is 4.02. The van der Waals surface area contributed by atoms with Crippen molar-refractivity contribution in [2.45, 2.75) is 19.9 Å². The second-order valence-corrected chi connectivity index (χ2v) is 6.19. The molecule has 0 aromatic heterocycles. The molecule has 0 aliphatic rings. The minimum atomic E-state index is -0.0684. The maximum atomic E-state index is 11.9. The molecule has 2 aromatic carbocycles. The Labute approximate surface area is 159 Å². The number of amides is 1. The molecule has 0 heterocycles. The van der Waals surface area contributed by atoms with E-state index in [9.17, 15) is 4.79 Å². The van der Waals surface area contributed by atoms with E-state index < -0.39 is 0 Å². The van der Waals surface area contributed by atoms with Crippen LogP contribution in [0.4, 0.5) is 0 Å². The van der Waals surface area contributed by atoms with Gasteiger partial charge in [-0.1, -0.05) is 23.7 Å². The molecule has 26 heavy (non-hydrogen) atoms. The van der Waals surface area contributed by atoms with Crippen LogP contribution in [0.2, 0.25) is 5.02 Å². The van der Waals surface area contributed by atoms with Crippen LogP contribution in [0, 0.1) is 0 Å². The van der Waals surface area contributed by atoms with Crippen molar-refractivity contribution in [3.63, 3.8) is 0 Å². The highest BCUT2D eigenvalue weighted by atomic mass is 35.5. The smallest absolute Gasteiger partial charge is 0.234 e. The summed E-state index contributed by atoms with van der Waals surface area (Å²) in [6.45, 7) is 5.68. The van der Waals surface area contributed by atoms with Gasteiger partial charge < -0.3 is 20.1 Å². The summed E-state index contributed by atoms with van der Waals surface area (Å²) in [4.78, 5) is 11.9. The van der Waals surface area contributed by atoms with E-state index in [1.54, 1.807) is 0 Å². The molecule has 0 spiro atoms. The molecule has 0 bridgehead atoms. The predicted molar refractivity (Wildman–Crippen MR) is 104 cm³/mol. The number of benzene rings is 2. The zero-order valence-corrected chi connectivity index (χ0v) is 15.9. The molecule has 1 amide bonds. The SMILES string of the molecule is CCOc1ccc(OCCNC(=O)CN[C@@H](C)c2ccc(Cl)cc2)cc1. The van der Waals surface area contributed by atoms with Gasteiger partial charge in [-0.05, 0) is 55.8 Å². The van der Waals surface area contributed by atoms with Gasteiger partial charge in [0.1, 0.15) is 18.1 Å². The Bertz CT molecular complexity index is 674. The highest BCUT2D eigenvalue weighted by Crippen LogP contribution is 2.17. The lowest BCUT2D eigenvalue weighted by atomic mass is 10.1. The monoisotopic (exact) mass is 376 g/mol. The van der Waals surface area contributed by atoms with Crippen LogP contribution in [0.25, 0.3) is 0 Å². The van der Waals surface area contributed by atoms with E-state index in [0.29, 0.717) is 24.8 Å². The van der Waals surface area contributed by atoms with Crippen LogP contribution >= 0.6 is 11.6 Å². The summed E-state index contributed by atoms with van der Waals surface area (Å²) in [6, 6.07) is 15.1. The van der Waals surface area contributed by atoms with Gasteiger partial charge in [0.15, 0.2) is 0 Å². The van der Waals surface area contributed by atoms with Gasteiger partial charge >= 0.3 is 0 Å². The fourth-order valence-electron chi connectivity index (χ4n) is 2.34. The minimum Gasteiger partial charge on any atom is -0.494 e. The Morgan fingerprint density at radius 3 is 2.27 bits per heavy atom. The number of nitrogens with one attached hydrogen (secondary N) is 2. The average Bonchev–Trinajstić information content (AvgIpc) is 2.65. The number of hydrogen-bond donors (Lipinski definition) is 2. The molecule has 140 valence electrons. The quantitative estimate of drug-likeness (QED) is 0.622. The van der Waals surface area contributed by atoms with Gasteiger partial charge in [0.25, 0.3) is 0 Å². The van der Waals surface area contributed by atoms with Gasteiger partial charge in [-0.2, -0.15) is 0 Å². The highest BCUT2D eigenvalue weighted by molar-refractivity contribution is 6.30. The van der Waals surface area contributed by atoms with Crippen molar-refractivity contribution in [2.75, 3.05) is 26.3 Å². The molecule has 5 nitrogen and oxygen atoms in total. The third kappa shape index (κ3) is 6.94. The Morgan fingerprint density at radius 1 is 1.04 bits per heavy atom. The van der Waals surface area contributed by atoms with Crippen molar-refractivity contribution >= 4 is 17.5 Å². The zero-order valence-electron chi connectivity index (χ0n) is 15.1. The number of carbonyl (C=O) groups is 1. The van der Waals surface area contributed by atoms with E-state index in [2.05, 4.69) is 10.6 Å². The summed E-state index contributed by atoms with van der Waals surface area (Å²) in [6.07, 6.45) is 0. The fourth-order valence-corrected chi connectivity index (χ4v) is 2.46. The zero-order chi connectivity index (χ0) is 18.8. The summed E-state index contributed by atoms with van der Waals surface area (Å²) in [7, 11) is 0. The van der Waals surface area contributed by atoms with Gasteiger partial charge in [0.05, 0.1) is 19.7 Å². The first kappa shape index (κ1) is 20.1. The molecule has 2 aromatic rings. The van der Waals surface area contributed by atoms with Crippen LogP contribution in [-0.4, -0.2) is 32.2 Å². The summed E-state index contributed by atoms with van der Waals surface area (Å²) >= 11 is 5.88. The second-order valence-electron chi connectivity index (χ2n) is 5.76. The number of rotatable bonds is 10. The van der Waals surface area contributed by atoms with Crippen molar-refractivity contribution in [3.05, 3.63) is 59.1 Å². The first-order chi connectivity index (χ1) is 12.6. The van der Waals surface area contributed by atoms with Gasteiger partial charge in [-0.25, -0.2) is 0 Å². The summed E-state index contributed by atoms with van der Waals surface area (Å²) in [5.74, 6) is 1.49. The van der Waals surface area contributed by atoms with E-state index in [1.807, 2.05) is 62.4 Å². The van der Waals surface area contributed by atoms with Crippen molar-refractivity contribution < 1.29 is 14.3 Å². The molecular formula is C20H25ClN2O3. The molecule has 0 saturated heterocycles. The molecule has 0 fully saturated rings. The molecule has 0 aliphatic heterocycles. The highest BCUT2D eigenvalue weighted by Gasteiger charge is 2.07. The molecule has 0 aliphatic carbocycles. The Kier molecular flexibility index (Phi) is 8.25. The van der Waals surface area contributed by atoms with Crippen molar-refractivity contribution in [3.8, 4) is 11.5 Å². The van der Waals surface area contributed by atoms with E-state index in [1.165, 1.54) is 0 Å². The summed E-state index contributed by atoms with van der Waals surface area (Å²) in [5, 5.41) is 6.71. The maximum Gasteiger partial charge on any atom is 0.234 e. The first-order valence-corrected chi connectivity index (χ1v) is 9.07. The van der Waals surface area contributed by atoms with E-state index >= 15 is 0 Å². The minimum absolute atomic E-state index is 0.0677. The van der Waals surface area contributed by atoms with Crippen molar-refractivity contribution in [2.24, 2.45) is 0 Å². The lowest BCUT2D eigenvalue weighted by Gasteiger charge is -2.14. The number of ether oxygens (including phenoxy) is 2. The van der Waals surface area contributed by atoms with Gasteiger partial charge in [-0.15, -0.1) is 0 Å². The van der Waals surface area contributed by atoms with E-state index in [0.717, 1.165) is 17.1 Å². The molecular weight excluding hydrogens is 352 g/mol. The van der Waals surface area contributed by atoms with Gasteiger partial charge in [0.2, 0.25) is 5.91 Å². The number of hydrogen-bond acceptors (Lipinski definition) is 4. The normalized spacial score (nSPS) is 11.7. The van der Waals surface area contributed by atoms with Crippen LogP contribution in [0.5, 0.6) is 11.5 Å². The van der Waals surface area contributed by atoms with Crippen LogP contribution < -0.4 is 20.1 Å². The van der Waals surface area contributed by atoms with Gasteiger partial charge in [-0.3, -0.25) is 4.79 Å². The third-order valence-electron chi connectivity index (χ3n) is 3.77. The largest absolute Gasteiger partial charge is 0.494 e. The fraction of sp³-hybridized carbons (Fsp3) is 0.350. The van der Waals surface area contributed by atoms with Gasteiger partial charge in [0, 0.05) is 11.1 Å². The predicted octanol–water partition coefficient (Wildman–Crippen LogP) is 3.58. The standard InChI is InChI=1S/C20H25ClN2O3/c1-3-25-18-8-10-19(11-9-18)26-13-12-22-20(24)14-23-15(2)16-4-6-17(21)7-5-16/h4-11,15,23H,3,12-14H2,1-2H3,(H,22,24)/t15-/m0/s1. The maximum absolute atomic E-state index is 11.9. The van der Waals surface area contributed by atoms with Crippen molar-refractivity contribution in [1.29, 1.82) is 0 Å².